The molecule has 0 aromatic heterocycles. The van der Waals surface area contributed by atoms with Crippen molar-refractivity contribution in [1.29, 1.82) is 0 Å². The average Bonchev–Trinajstić information content (AvgIpc) is 3.41. The van der Waals surface area contributed by atoms with Crippen molar-refractivity contribution in [2.75, 3.05) is 19.6 Å². The van der Waals surface area contributed by atoms with Crippen LogP contribution in [-0.2, 0) is 16.0 Å². The van der Waals surface area contributed by atoms with Gasteiger partial charge in [-0.1, -0.05) is 31.5 Å². The molecule has 1 heterocycles. The molecular formula is C20H27ClN2O3. The number of aromatic hydroxyl groups is 1. The highest BCUT2D eigenvalue weighted by Gasteiger charge is 2.36. The number of nitrogens with zero attached hydrogens (tertiary/aromatic N) is 2. The lowest BCUT2D eigenvalue weighted by Crippen LogP contribution is -2.48. The van der Waals surface area contributed by atoms with Crippen molar-refractivity contribution in [1.82, 2.24) is 9.80 Å². The lowest BCUT2D eigenvalue weighted by Gasteiger charge is -2.35. The number of phenolic OH excluding ortho intramolecular Hbond substituents is 1. The summed E-state index contributed by atoms with van der Waals surface area (Å²) in [5.41, 5.74) is 0.768. The number of benzene rings is 1. The summed E-state index contributed by atoms with van der Waals surface area (Å²) >= 11 is 5.94. The summed E-state index contributed by atoms with van der Waals surface area (Å²) < 4.78 is 0. The fourth-order valence-corrected chi connectivity index (χ4v) is 3.74. The molecule has 1 saturated carbocycles. The highest BCUT2D eigenvalue weighted by Crippen LogP contribution is 2.32. The molecule has 1 atom stereocenters. The van der Waals surface area contributed by atoms with Crippen molar-refractivity contribution in [2.45, 2.75) is 45.6 Å². The van der Waals surface area contributed by atoms with Gasteiger partial charge >= 0.3 is 0 Å². The van der Waals surface area contributed by atoms with Crippen LogP contribution in [0, 0.1) is 11.8 Å². The number of carbonyl (C=O) groups excluding carboxylic acids is 2. The summed E-state index contributed by atoms with van der Waals surface area (Å²) in [5.74, 6) is 1.12. The van der Waals surface area contributed by atoms with Crippen molar-refractivity contribution in [3.8, 4) is 5.75 Å². The van der Waals surface area contributed by atoms with E-state index >= 15 is 0 Å². The first-order valence-corrected chi connectivity index (χ1v) is 9.77. The van der Waals surface area contributed by atoms with E-state index in [4.69, 9.17) is 11.6 Å². The van der Waals surface area contributed by atoms with Crippen molar-refractivity contribution < 1.29 is 14.7 Å². The second kappa shape index (κ2) is 7.87. The maximum atomic E-state index is 12.8. The summed E-state index contributed by atoms with van der Waals surface area (Å²) in [6.45, 7) is 6.11. The molecule has 1 aliphatic carbocycles. The summed E-state index contributed by atoms with van der Waals surface area (Å²) in [7, 11) is 0. The Morgan fingerprint density at radius 1 is 1.35 bits per heavy atom. The molecule has 6 heteroatoms. The zero-order valence-corrected chi connectivity index (χ0v) is 16.2. The quantitative estimate of drug-likeness (QED) is 0.856. The van der Waals surface area contributed by atoms with E-state index in [0.29, 0.717) is 31.3 Å². The molecular weight excluding hydrogens is 352 g/mol. The Kier molecular flexibility index (Phi) is 5.76. The SMILES string of the molecule is CC(C)[C@@H]1CN(C(=O)Cc2ccc(O)c(Cl)c2)CCC(=O)N1CC1CC1. The van der Waals surface area contributed by atoms with E-state index in [1.165, 1.54) is 18.9 Å². The molecule has 1 aliphatic heterocycles. The van der Waals surface area contributed by atoms with Crippen LogP contribution in [0.2, 0.25) is 5.02 Å². The molecule has 3 rings (SSSR count). The maximum Gasteiger partial charge on any atom is 0.227 e. The van der Waals surface area contributed by atoms with Gasteiger partial charge < -0.3 is 14.9 Å². The zero-order chi connectivity index (χ0) is 18.8. The third-order valence-corrected chi connectivity index (χ3v) is 5.67. The van der Waals surface area contributed by atoms with Crippen LogP contribution in [0.15, 0.2) is 18.2 Å². The van der Waals surface area contributed by atoms with Gasteiger partial charge in [-0.3, -0.25) is 9.59 Å². The Morgan fingerprint density at radius 2 is 2.08 bits per heavy atom. The van der Waals surface area contributed by atoms with Crippen LogP contribution in [0.3, 0.4) is 0 Å². The highest BCUT2D eigenvalue weighted by atomic mass is 35.5. The summed E-state index contributed by atoms with van der Waals surface area (Å²) in [6, 6.07) is 4.90. The third-order valence-electron chi connectivity index (χ3n) is 5.37. The van der Waals surface area contributed by atoms with Gasteiger partial charge in [-0.25, -0.2) is 0 Å². The standard InChI is InChI=1S/C20H27ClN2O3/c1-13(2)17-12-22(8-7-19(25)23(17)11-14-3-4-14)20(26)10-15-5-6-18(24)16(21)9-15/h5-6,9,13-14,17,24H,3-4,7-8,10-12H2,1-2H3/t17-/m0/s1. The van der Waals surface area contributed by atoms with Gasteiger partial charge in [-0.2, -0.15) is 0 Å². The molecule has 2 amide bonds. The second-order valence-electron chi connectivity index (χ2n) is 7.85. The van der Waals surface area contributed by atoms with Crippen LogP contribution >= 0.6 is 11.6 Å². The van der Waals surface area contributed by atoms with Gasteiger partial charge in [0, 0.05) is 26.1 Å². The van der Waals surface area contributed by atoms with E-state index in [9.17, 15) is 14.7 Å². The van der Waals surface area contributed by atoms with E-state index in [2.05, 4.69) is 13.8 Å². The minimum atomic E-state index is -0.00141. The topological polar surface area (TPSA) is 60.9 Å². The van der Waals surface area contributed by atoms with Gasteiger partial charge in [0.05, 0.1) is 17.5 Å². The van der Waals surface area contributed by atoms with Gasteiger partial charge in [0.2, 0.25) is 11.8 Å². The predicted molar refractivity (Wildman–Crippen MR) is 101 cm³/mol. The monoisotopic (exact) mass is 378 g/mol. The molecule has 5 nitrogen and oxygen atoms in total. The van der Waals surface area contributed by atoms with Crippen LogP contribution in [0.4, 0.5) is 0 Å². The number of hydrogen-bond donors (Lipinski definition) is 1. The largest absolute Gasteiger partial charge is 0.506 e. The smallest absolute Gasteiger partial charge is 0.227 e. The van der Waals surface area contributed by atoms with Gasteiger partial charge in [0.15, 0.2) is 0 Å². The first-order valence-electron chi connectivity index (χ1n) is 9.39. The number of rotatable bonds is 5. The molecule has 1 aromatic rings. The summed E-state index contributed by atoms with van der Waals surface area (Å²) in [4.78, 5) is 29.3. The van der Waals surface area contributed by atoms with E-state index in [1.807, 2.05) is 9.80 Å². The lowest BCUT2D eigenvalue weighted by atomic mass is 10.0. The third kappa shape index (κ3) is 4.50. The Hall–Kier alpha value is -1.75. The number of hydrogen-bond acceptors (Lipinski definition) is 3. The number of amides is 2. The molecule has 0 spiro atoms. The molecule has 1 saturated heterocycles. The second-order valence-corrected chi connectivity index (χ2v) is 8.26. The van der Waals surface area contributed by atoms with Crippen LogP contribution in [0.25, 0.3) is 0 Å². The number of carbonyl (C=O) groups is 2. The van der Waals surface area contributed by atoms with E-state index in [1.54, 1.807) is 12.1 Å². The highest BCUT2D eigenvalue weighted by molar-refractivity contribution is 6.32. The molecule has 0 bridgehead atoms. The van der Waals surface area contributed by atoms with Crippen LogP contribution in [-0.4, -0.2) is 52.4 Å². The number of halogens is 1. The van der Waals surface area contributed by atoms with Crippen LogP contribution in [0.5, 0.6) is 5.75 Å². The van der Waals surface area contributed by atoms with Crippen molar-refractivity contribution >= 4 is 23.4 Å². The van der Waals surface area contributed by atoms with Crippen molar-refractivity contribution in [2.24, 2.45) is 11.8 Å². The first kappa shape index (κ1) is 19.0. The first-order chi connectivity index (χ1) is 12.3. The molecule has 0 unspecified atom stereocenters. The van der Waals surface area contributed by atoms with Crippen molar-refractivity contribution in [3.63, 3.8) is 0 Å². The van der Waals surface area contributed by atoms with E-state index in [-0.39, 0.29) is 35.0 Å². The van der Waals surface area contributed by atoms with Crippen LogP contribution in [0.1, 0.15) is 38.7 Å². The Balaban J connectivity index is 1.71. The molecule has 2 aliphatic rings. The Labute approximate surface area is 159 Å². The molecule has 26 heavy (non-hydrogen) atoms. The maximum absolute atomic E-state index is 12.8. The molecule has 1 aromatic carbocycles. The van der Waals surface area contributed by atoms with E-state index in [0.717, 1.165) is 12.1 Å². The van der Waals surface area contributed by atoms with Gasteiger partial charge in [-0.05, 0) is 42.4 Å². The Bertz CT molecular complexity index is 688. The zero-order valence-electron chi connectivity index (χ0n) is 15.4. The van der Waals surface area contributed by atoms with Gasteiger partial charge in [0.1, 0.15) is 5.75 Å². The summed E-state index contributed by atoms with van der Waals surface area (Å²) in [6.07, 6.45) is 3.03. The molecule has 142 valence electrons. The average molecular weight is 379 g/mol. The number of phenols is 1. The minimum absolute atomic E-state index is 0.00141. The molecule has 2 fully saturated rings. The van der Waals surface area contributed by atoms with E-state index < -0.39 is 0 Å². The van der Waals surface area contributed by atoms with Crippen LogP contribution < -0.4 is 0 Å². The fraction of sp³-hybridized carbons (Fsp3) is 0.600. The Morgan fingerprint density at radius 3 is 2.69 bits per heavy atom. The van der Waals surface area contributed by atoms with Gasteiger partial charge in [0.25, 0.3) is 0 Å². The van der Waals surface area contributed by atoms with Gasteiger partial charge in [-0.15, -0.1) is 0 Å². The lowest BCUT2D eigenvalue weighted by molar-refractivity contribution is -0.134. The van der Waals surface area contributed by atoms with Crippen molar-refractivity contribution in [3.05, 3.63) is 28.8 Å². The molecule has 1 N–H and O–H groups in total. The minimum Gasteiger partial charge on any atom is -0.506 e. The predicted octanol–water partition coefficient (Wildman–Crippen LogP) is 3.08. The normalized spacial score (nSPS) is 21.2. The fourth-order valence-electron chi connectivity index (χ4n) is 3.53. The molecule has 0 radical (unpaired) electrons. The summed E-state index contributed by atoms with van der Waals surface area (Å²) in [5, 5.41) is 9.77.